The highest BCUT2D eigenvalue weighted by atomic mass is 79.9. The van der Waals surface area contributed by atoms with Gasteiger partial charge < -0.3 is 14.4 Å². The Morgan fingerprint density at radius 1 is 1.24 bits per heavy atom. The van der Waals surface area contributed by atoms with E-state index in [1.165, 1.54) is 18.2 Å². The van der Waals surface area contributed by atoms with Gasteiger partial charge in [-0.2, -0.15) is 13.2 Å². The molecule has 0 N–H and O–H groups in total. The average Bonchev–Trinajstić information content (AvgIpc) is 3.15. The van der Waals surface area contributed by atoms with Crippen molar-refractivity contribution in [2.24, 2.45) is 0 Å². The number of carbonyl (C=O) groups is 1. The van der Waals surface area contributed by atoms with E-state index in [1.807, 2.05) is 4.90 Å². The molecule has 1 fully saturated rings. The smallest absolute Gasteiger partial charge is 0.416 e. The SMILES string of the molecule is COC(=O)c1cc(Br)c(OCC2CCCN2c2ccc(C(F)(F)F)cc2)cc1F. The summed E-state index contributed by atoms with van der Waals surface area (Å²) in [5.41, 5.74) is -0.229. The number of rotatable bonds is 5. The Kier molecular flexibility index (Phi) is 6.36. The summed E-state index contributed by atoms with van der Waals surface area (Å²) in [6, 6.07) is 7.34. The third-order valence-corrected chi connectivity index (χ3v) is 5.38. The zero-order chi connectivity index (χ0) is 21.2. The molecule has 29 heavy (non-hydrogen) atoms. The van der Waals surface area contributed by atoms with Crippen molar-refractivity contribution in [2.75, 3.05) is 25.2 Å². The first-order valence-corrected chi connectivity index (χ1v) is 9.64. The van der Waals surface area contributed by atoms with E-state index in [0.717, 1.165) is 38.2 Å². The molecule has 0 aromatic heterocycles. The van der Waals surface area contributed by atoms with Crippen LogP contribution in [0.5, 0.6) is 5.75 Å². The first-order chi connectivity index (χ1) is 13.7. The van der Waals surface area contributed by atoms with Crippen LogP contribution < -0.4 is 9.64 Å². The topological polar surface area (TPSA) is 38.8 Å². The maximum atomic E-state index is 14.1. The van der Waals surface area contributed by atoms with Gasteiger partial charge in [0.05, 0.1) is 28.8 Å². The Hall–Kier alpha value is -2.29. The number of methoxy groups -OCH3 is 1. The van der Waals surface area contributed by atoms with Crippen molar-refractivity contribution in [1.82, 2.24) is 0 Å². The molecule has 0 bridgehead atoms. The van der Waals surface area contributed by atoms with Crippen LogP contribution in [0.2, 0.25) is 0 Å². The molecular formula is C20H18BrF4NO3. The highest BCUT2D eigenvalue weighted by molar-refractivity contribution is 9.10. The highest BCUT2D eigenvalue weighted by Gasteiger charge is 2.31. The lowest BCUT2D eigenvalue weighted by Gasteiger charge is -2.27. The van der Waals surface area contributed by atoms with Crippen molar-refractivity contribution in [3.63, 3.8) is 0 Å². The van der Waals surface area contributed by atoms with Crippen molar-refractivity contribution in [3.8, 4) is 5.75 Å². The van der Waals surface area contributed by atoms with E-state index in [1.54, 1.807) is 0 Å². The lowest BCUT2D eigenvalue weighted by Crippen LogP contribution is -2.34. The summed E-state index contributed by atoms with van der Waals surface area (Å²) in [5.74, 6) is -1.32. The summed E-state index contributed by atoms with van der Waals surface area (Å²) < 4.78 is 63.1. The Labute approximate surface area is 173 Å². The molecular weight excluding hydrogens is 458 g/mol. The van der Waals surface area contributed by atoms with Crippen LogP contribution in [0.15, 0.2) is 40.9 Å². The second-order valence-electron chi connectivity index (χ2n) is 6.60. The molecule has 0 saturated carbocycles. The fourth-order valence-corrected chi connectivity index (χ4v) is 3.74. The number of alkyl halides is 3. The fraction of sp³-hybridized carbons (Fsp3) is 0.350. The molecule has 0 spiro atoms. The summed E-state index contributed by atoms with van der Waals surface area (Å²) in [7, 11) is 1.16. The van der Waals surface area contributed by atoms with Crippen LogP contribution in [0.1, 0.15) is 28.8 Å². The second-order valence-corrected chi connectivity index (χ2v) is 7.45. The van der Waals surface area contributed by atoms with Gasteiger partial charge in [0.15, 0.2) is 0 Å². The number of halogens is 5. The normalized spacial score (nSPS) is 16.8. The van der Waals surface area contributed by atoms with E-state index in [2.05, 4.69) is 20.7 Å². The molecule has 1 aliphatic rings. The molecule has 0 aliphatic carbocycles. The minimum Gasteiger partial charge on any atom is -0.490 e. The van der Waals surface area contributed by atoms with Crippen molar-refractivity contribution in [2.45, 2.75) is 25.1 Å². The van der Waals surface area contributed by atoms with Crippen LogP contribution in [0.25, 0.3) is 0 Å². The van der Waals surface area contributed by atoms with E-state index < -0.39 is 23.5 Å². The molecule has 0 radical (unpaired) electrons. The number of hydrogen-bond acceptors (Lipinski definition) is 4. The molecule has 0 amide bonds. The molecule has 2 aromatic rings. The van der Waals surface area contributed by atoms with Crippen molar-refractivity contribution < 1.29 is 31.8 Å². The van der Waals surface area contributed by atoms with Gasteiger partial charge in [0.25, 0.3) is 0 Å². The van der Waals surface area contributed by atoms with Gasteiger partial charge in [-0.1, -0.05) is 0 Å². The third-order valence-electron chi connectivity index (χ3n) is 4.76. The predicted octanol–water partition coefficient (Wildman–Crippen LogP) is 5.44. The van der Waals surface area contributed by atoms with Crippen LogP contribution in [0.3, 0.4) is 0 Å². The standard InChI is InChI=1S/C20H18BrF4NO3/c1-28-19(27)15-9-16(21)18(10-17(15)22)29-11-14-3-2-8-26(14)13-6-4-12(5-7-13)20(23,24)25/h4-7,9-10,14H,2-3,8,11H2,1H3. The van der Waals surface area contributed by atoms with E-state index >= 15 is 0 Å². The molecule has 1 atom stereocenters. The summed E-state index contributed by atoms with van der Waals surface area (Å²) in [6.07, 6.45) is -2.72. The molecule has 2 aromatic carbocycles. The third kappa shape index (κ3) is 4.83. The zero-order valence-electron chi connectivity index (χ0n) is 15.4. The minimum absolute atomic E-state index is 0.0676. The number of nitrogens with zero attached hydrogens (tertiary/aromatic N) is 1. The van der Waals surface area contributed by atoms with Gasteiger partial charge in [0.1, 0.15) is 18.2 Å². The fourth-order valence-electron chi connectivity index (χ4n) is 3.28. The molecule has 3 rings (SSSR count). The van der Waals surface area contributed by atoms with Gasteiger partial charge in [0.2, 0.25) is 0 Å². The predicted molar refractivity (Wildman–Crippen MR) is 103 cm³/mol. The number of benzene rings is 2. The van der Waals surface area contributed by atoms with E-state index in [9.17, 15) is 22.4 Å². The largest absolute Gasteiger partial charge is 0.490 e. The van der Waals surface area contributed by atoms with Gasteiger partial charge >= 0.3 is 12.1 Å². The Morgan fingerprint density at radius 2 is 1.93 bits per heavy atom. The van der Waals surface area contributed by atoms with Gasteiger partial charge in [-0.15, -0.1) is 0 Å². The van der Waals surface area contributed by atoms with Crippen LogP contribution in [0, 0.1) is 5.82 Å². The van der Waals surface area contributed by atoms with Crippen LogP contribution in [-0.2, 0) is 10.9 Å². The Bertz CT molecular complexity index is 887. The van der Waals surface area contributed by atoms with E-state index in [0.29, 0.717) is 16.7 Å². The van der Waals surface area contributed by atoms with Crippen LogP contribution in [0.4, 0.5) is 23.2 Å². The maximum absolute atomic E-state index is 14.1. The first-order valence-electron chi connectivity index (χ1n) is 8.84. The van der Waals surface area contributed by atoms with Crippen LogP contribution in [-0.4, -0.2) is 32.3 Å². The second kappa shape index (κ2) is 8.61. The van der Waals surface area contributed by atoms with E-state index in [4.69, 9.17) is 4.74 Å². The minimum atomic E-state index is -4.38. The lowest BCUT2D eigenvalue weighted by molar-refractivity contribution is -0.137. The zero-order valence-corrected chi connectivity index (χ0v) is 17.0. The summed E-state index contributed by atoms with van der Waals surface area (Å²) in [6.45, 7) is 0.910. The molecule has 1 saturated heterocycles. The van der Waals surface area contributed by atoms with Crippen LogP contribution >= 0.6 is 15.9 Å². The first kappa shape index (κ1) is 21.4. The van der Waals surface area contributed by atoms with Crippen molar-refractivity contribution >= 4 is 27.6 Å². The lowest BCUT2D eigenvalue weighted by atomic mass is 10.1. The van der Waals surface area contributed by atoms with Gasteiger partial charge in [-0.05, 0) is 59.1 Å². The monoisotopic (exact) mass is 475 g/mol. The highest BCUT2D eigenvalue weighted by Crippen LogP contribution is 2.33. The number of esters is 1. The Morgan fingerprint density at radius 3 is 2.55 bits per heavy atom. The molecule has 4 nitrogen and oxygen atoms in total. The molecule has 1 aliphatic heterocycles. The quantitative estimate of drug-likeness (QED) is 0.426. The summed E-state index contributed by atoms with van der Waals surface area (Å²) in [5, 5.41) is 0. The number of anilines is 1. The molecule has 9 heteroatoms. The molecule has 156 valence electrons. The number of carbonyl (C=O) groups excluding carboxylic acids is 1. The number of hydrogen-bond donors (Lipinski definition) is 0. The molecule has 1 heterocycles. The Balaban J connectivity index is 1.70. The van der Waals surface area contributed by atoms with Crippen molar-refractivity contribution in [1.29, 1.82) is 0 Å². The summed E-state index contributed by atoms with van der Waals surface area (Å²) in [4.78, 5) is 13.5. The average molecular weight is 476 g/mol. The number of ether oxygens (including phenoxy) is 2. The van der Waals surface area contributed by atoms with E-state index in [-0.39, 0.29) is 24.0 Å². The maximum Gasteiger partial charge on any atom is 0.416 e. The van der Waals surface area contributed by atoms with Crippen molar-refractivity contribution in [3.05, 3.63) is 57.8 Å². The van der Waals surface area contributed by atoms with Gasteiger partial charge in [-0.3, -0.25) is 0 Å². The summed E-state index contributed by atoms with van der Waals surface area (Å²) >= 11 is 3.26. The van der Waals surface area contributed by atoms with Gasteiger partial charge in [0, 0.05) is 18.3 Å². The molecule has 1 unspecified atom stereocenters. The van der Waals surface area contributed by atoms with Gasteiger partial charge in [-0.25, -0.2) is 9.18 Å².